The number of halogens is 3. The molecule has 3 aromatic rings. The second kappa shape index (κ2) is 7.60. The lowest BCUT2D eigenvalue weighted by molar-refractivity contribution is 0.102. The maximum Gasteiger partial charge on any atom is 0.256 e. The van der Waals surface area contributed by atoms with Gasteiger partial charge < -0.3 is 5.32 Å². The van der Waals surface area contributed by atoms with Gasteiger partial charge in [0.05, 0.1) is 16.6 Å². The van der Waals surface area contributed by atoms with Gasteiger partial charge in [-0.15, -0.1) is 0 Å². The smallest absolute Gasteiger partial charge is 0.256 e. The van der Waals surface area contributed by atoms with E-state index in [2.05, 4.69) is 26.3 Å². The lowest BCUT2D eigenvalue weighted by atomic mass is 10.2. The maximum absolute atomic E-state index is 12.3. The summed E-state index contributed by atoms with van der Waals surface area (Å²) >= 11 is 15.3. The molecule has 0 unspecified atom stereocenters. The fourth-order valence-electron chi connectivity index (χ4n) is 2.33. The van der Waals surface area contributed by atoms with E-state index in [9.17, 15) is 4.79 Å². The van der Waals surface area contributed by atoms with Gasteiger partial charge in [-0.1, -0.05) is 45.2 Å². The number of rotatable bonds is 4. The molecule has 0 bridgehead atoms. The summed E-state index contributed by atoms with van der Waals surface area (Å²) in [5.74, 6) is 0.303. The van der Waals surface area contributed by atoms with Crippen LogP contribution < -0.4 is 5.32 Å². The van der Waals surface area contributed by atoms with Crippen LogP contribution in [0.15, 0.2) is 53.0 Å². The molecule has 1 amide bonds. The first kappa shape index (κ1) is 18.0. The molecule has 1 heterocycles. The van der Waals surface area contributed by atoms with Crippen LogP contribution in [0.5, 0.6) is 0 Å². The van der Waals surface area contributed by atoms with Crippen molar-refractivity contribution in [3.8, 4) is 0 Å². The van der Waals surface area contributed by atoms with Crippen LogP contribution in [0.1, 0.15) is 21.6 Å². The van der Waals surface area contributed by atoms with Gasteiger partial charge in [0.25, 0.3) is 5.91 Å². The highest BCUT2D eigenvalue weighted by Gasteiger charge is 2.11. The van der Waals surface area contributed by atoms with Crippen molar-refractivity contribution in [1.82, 2.24) is 9.78 Å². The van der Waals surface area contributed by atoms with Gasteiger partial charge in [0.1, 0.15) is 0 Å². The molecule has 4 nitrogen and oxygen atoms in total. The van der Waals surface area contributed by atoms with Gasteiger partial charge >= 0.3 is 0 Å². The Morgan fingerprint density at radius 3 is 2.52 bits per heavy atom. The maximum atomic E-state index is 12.3. The second-order valence-corrected chi connectivity index (χ2v) is 7.27. The van der Waals surface area contributed by atoms with Crippen molar-refractivity contribution >= 4 is 50.9 Å². The molecule has 0 saturated heterocycles. The standard InChI is InChI=1S/C18H14BrCl2N3O/c1-11-8-17(22-18(25)13-3-5-14(19)6-4-13)23-24(11)10-12-2-7-15(20)16(21)9-12/h2-9H,10H2,1H3,(H,22,23,25). The van der Waals surface area contributed by atoms with Crippen LogP contribution in [0.4, 0.5) is 5.82 Å². The SMILES string of the molecule is Cc1cc(NC(=O)c2ccc(Br)cc2)nn1Cc1ccc(Cl)c(Cl)c1. The van der Waals surface area contributed by atoms with Crippen LogP contribution in [0.25, 0.3) is 0 Å². The molecule has 0 aliphatic rings. The van der Waals surface area contributed by atoms with E-state index in [-0.39, 0.29) is 5.91 Å². The lowest BCUT2D eigenvalue weighted by Crippen LogP contribution is -2.12. The van der Waals surface area contributed by atoms with E-state index in [4.69, 9.17) is 23.2 Å². The van der Waals surface area contributed by atoms with Crippen molar-refractivity contribution in [2.75, 3.05) is 5.32 Å². The topological polar surface area (TPSA) is 46.9 Å². The van der Waals surface area contributed by atoms with E-state index in [1.54, 1.807) is 22.9 Å². The zero-order chi connectivity index (χ0) is 18.0. The molecule has 0 fully saturated rings. The van der Waals surface area contributed by atoms with E-state index in [0.29, 0.717) is 28.0 Å². The first-order valence-electron chi connectivity index (χ1n) is 7.47. The third-order valence-corrected chi connectivity index (χ3v) is 4.91. The lowest BCUT2D eigenvalue weighted by Gasteiger charge is -2.06. The number of aryl methyl sites for hydroxylation is 1. The van der Waals surface area contributed by atoms with Crippen LogP contribution in [0.3, 0.4) is 0 Å². The van der Waals surface area contributed by atoms with Crippen molar-refractivity contribution in [2.45, 2.75) is 13.5 Å². The number of amides is 1. The Kier molecular flexibility index (Phi) is 5.47. The summed E-state index contributed by atoms with van der Waals surface area (Å²) in [6.07, 6.45) is 0. The van der Waals surface area contributed by atoms with Gasteiger partial charge in [0.2, 0.25) is 0 Å². The summed E-state index contributed by atoms with van der Waals surface area (Å²) < 4.78 is 2.72. The summed E-state index contributed by atoms with van der Waals surface area (Å²) in [6.45, 7) is 2.47. The zero-order valence-electron chi connectivity index (χ0n) is 13.3. The molecule has 1 N–H and O–H groups in total. The third kappa shape index (κ3) is 4.42. The largest absolute Gasteiger partial charge is 0.305 e. The number of carbonyl (C=O) groups is 1. The number of aromatic nitrogens is 2. The number of hydrogen-bond donors (Lipinski definition) is 1. The molecule has 0 spiro atoms. The zero-order valence-corrected chi connectivity index (χ0v) is 16.4. The molecule has 0 atom stereocenters. The molecule has 3 rings (SSSR count). The summed E-state index contributed by atoms with van der Waals surface area (Å²) in [5.41, 5.74) is 2.48. The number of carbonyl (C=O) groups excluding carboxylic acids is 1. The molecular weight excluding hydrogens is 425 g/mol. The van der Waals surface area contributed by atoms with Crippen LogP contribution in [-0.2, 0) is 6.54 Å². The van der Waals surface area contributed by atoms with Crippen LogP contribution in [0.2, 0.25) is 10.0 Å². The van der Waals surface area contributed by atoms with Crippen molar-refractivity contribution in [3.05, 3.63) is 79.9 Å². The number of benzene rings is 2. The van der Waals surface area contributed by atoms with E-state index in [1.807, 2.05) is 37.3 Å². The second-order valence-electron chi connectivity index (χ2n) is 5.54. The molecule has 128 valence electrons. The van der Waals surface area contributed by atoms with E-state index < -0.39 is 0 Å². The number of hydrogen-bond acceptors (Lipinski definition) is 2. The average Bonchev–Trinajstić information content (AvgIpc) is 2.91. The normalized spacial score (nSPS) is 10.7. The molecule has 25 heavy (non-hydrogen) atoms. The summed E-state index contributed by atoms with van der Waals surface area (Å²) in [7, 11) is 0. The minimum atomic E-state index is -0.202. The summed E-state index contributed by atoms with van der Waals surface area (Å²) in [6, 6.07) is 14.4. The van der Waals surface area contributed by atoms with Crippen LogP contribution in [-0.4, -0.2) is 15.7 Å². The Bertz CT molecular complexity index is 923. The molecule has 0 aliphatic heterocycles. The van der Waals surface area contributed by atoms with Gasteiger partial charge in [-0.3, -0.25) is 9.48 Å². The third-order valence-electron chi connectivity index (χ3n) is 3.65. The monoisotopic (exact) mass is 437 g/mol. The number of nitrogens with zero attached hydrogens (tertiary/aromatic N) is 2. The Labute approximate surface area is 163 Å². The predicted molar refractivity (Wildman–Crippen MR) is 105 cm³/mol. The number of nitrogens with one attached hydrogen (secondary N) is 1. The molecule has 1 aromatic heterocycles. The molecule has 2 aromatic carbocycles. The van der Waals surface area contributed by atoms with Gasteiger partial charge in [0, 0.05) is 21.8 Å². The van der Waals surface area contributed by atoms with Crippen molar-refractivity contribution in [3.63, 3.8) is 0 Å². The van der Waals surface area contributed by atoms with Gasteiger partial charge in [0.15, 0.2) is 5.82 Å². The highest BCUT2D eigenvalue weighted by Crippen LogP contribution is 2.23. The minimum absolute atomic E-state index is 0.202. The molecule has 0 aliphatic carbocycles. The van der Waals surface area contributed by atoms with E-state index >= 15 is 0 Å². The molecule has 0 radical (unpaired) electrons. The van der Waals surface area contributed by atoms with Gasteiger partial charge in [-0.05, 0) is 48.9 Å². The van der Waals surface area contributed by atoms with E-state index in [0.717, 1.165) is 15.7 Å². The first-order chi connectivity index (χ1) is 11.9. The highest BCUT2D eigenvalue weighted by molar-refractivity contribution is 9.10. The fraction of sp³-hybridized carbons (Fsp3) is 0.111. The Morgan fingerprint density at radius 2 is 1.84 bits per heavy atom. The number of anilines is 1. The quantitative estimate of drug-likeness (QED) is 0.579. The summed E-state index contributed by atoms with van der Waals surface area (Å²) in [4.78, 5) is 12.3. The van der Waals surface area contributed by atoms with Crippen molar-refractivity contribution < 1.29 is 4.79 Å². The van der Waals surface area contributed by atoms with Crippen LogP contribution in [0, 0.1) is 6.92 Å². The first-order valence-corrected chi connectivity index (χ1v) is 9.02. The fourth-order valence-corrected chi connectivity index (χ4v) is 2.92. The van der Waals surface area contributed by atoms with Gasteiger partial charge in [-0.25, -0.2) is 0 Å². The average molecular weight is 439 g/mol. The Hall–Kier alpha value is -1.82. The van der Waals surface area contributed by atoms with Crippen molar-refractivity contribution in [1.29, 1.82) is 0 Å². The Balaban J connectivity index is 1.74. The summed E-state index contributed by atoms with van der Waals surface area (Å²) in [5, 5.41) is 8.28. The highest BCUT2D eigenvalue weighted by atomic mass is 79.9. The minimum Gasteiger partial charge on any atom is -0.305 e. The molecule has 7 heteroatoms. The van der Waals surface area contributed by atoms with Gasteiger partial charge in [-0.2, -0.15) is 5.10 Å². The van der Waals surface area contributed by atoms with E-state index in [1.165, 1.54) is 0 Å². The van der Waals surface area contributed by atoms with Crippen molar-refractivity contribution in [2.24, 2.45) is 0 Å². The molecular formula is C18H14BrCl2N3O. The van der Waals surface area contributed by atoms with Crippen LogP contribution >= 0.6 is 39.1 Å². The molecule has 0 saturated carbocycles. The predicted octanol–water partition coefficient (Wildman–Crippen LogP) is 5.56. The Morgan fingerprint density at radius 1 is 1.12 bits per heavy atom.